The smallest absolute Gasteiger partial charge is 0.293 e. The minimum Gasteiger partial charge on any atom is -0.339 e. The van der Waals surface area contributed by atoms with Crippen LogP contribution in [0.1, 0.15) is 40.7 Å². The Morgan fingerprint density at radius 1 is 1.23 bits per heavy atom. The number of piperidine rings is 1. The topological polar surface area (TPSA) is 128 Å². The summed E-state index contributed by atoms with van der Waals surface area (Å²) < 4.78 is 7.00. The second kappa shape index (κ2) is 7.82. The summed E-state index contributed by atoms with van der Waals surface area (Å²) in [6.45, 7) is 5.07. The molecule has 158 valence electrons. The van der Waals surface area contributed by atoms with Gasteiger partial charge in [-0.05, 0) is 38.7 Å². The van der Waals surface area contributed by atoms with Crippen molar-refractivity contribution in [1.29, 1.82) is 0 Å². The van der Waals surface area contributed by atoms with Crippen LogP contribution in [0.15, 0.2) is 29.2 Å². The number of carbonyl (C=O) groups excluding carboxylic acids is 1. The summed E-state index contributed by atoms with van der Waals surface area (Å²) in [6.07, 6.45) is 7.23. The van der Waals surface area contributed by atoms with Gasteiger partial charge in [0.25, 0.3) is 11.7 Å². The highest BCUT2D eigenvalue weighted by Crippen LogP contribution is 2.22. The SMILES string of the molecule is Cc1cc(C)n2nc(C(=O)N3CCCC(Cc4nc(-c5cnccn5)no4)C3)nc2n1. The summed E-state index contributed by atoms with van der Waals surface area (Å²) in [5, 5.41) is 8.37. The van der Waals surface area contributed by atoms with Crippen LogP contribution in [0.25, 0.3) is 17.3 Å². The molecule has 0 saturated carbocycles. The first kappa shape index (κ1) is 19.2. The Bertz CT molecular complexity index is 1230. The first-order chi connectivity index (χ1) is 15.1. The van der Waals surface area contributed by atoms with Crippen LogP contribution in [-0.2, 0) is 6.42 Å². The lowest BCUT2D eigenvalue weighted by atomic mass is 9.94. The molecule has 31 heavy (non-hydrogen) atoms. The molecule has 5 heterocycles. The van der Waals surface area contributed by atoms with E-state index in [0.717, 1.165) is 24.2 Å². The third kappa shape index (κ3) is 3.86. The lowest BCUT2D eigenvalue weighted by molar-refractivity contribution is 0.0656. The van der Waals surface area contributed by atoms with Gasteiger partial charge in [0.05, 0.1) is 6.20 Å². The van der Waals surface area contributed by atoms with Gasteiger partial charge in [-0.1, -0.05) is 5.16 Å². The number of amides is 1. The molecule has 0 radical (unpaired) electrons. The standard InChI is InChI=1S/C20H21N9O2/c1-12-8-13(2)29-20(23-12)25-18(26-29)19(30)28-7-3-4-14(11-28)9-16-24-17(27-31-16)15-10-21-5-6-22-15/h5-6,8,10,14H,3-4,7,9,11H2,1-2H3. The summed E-state index contributed by atoms with van der Waals surface area (Å²) in [7, 11) is 0. The van der Waals surface area contributed by atoms with Crippen molar-refractivity contribution in [2.75, 3.05) is 13.1 Å². The number of likely N-dealkylation sites (tertiary alicyclic amines) is 1. The summed E-state index contributed by atoms with van der Waals surface area (Å²) in [6, 6.07) is 1.91. The van der Waals surface area contributed by atoms with Gasteiger partial charge < -0.3 is 9.42 Å². The molecule has 0 spiro atoms. The maximum atomic E-state index is 13.0. The van der Waals surface area contributed by atoms with E-state index in [2.05, 4.69) is 35.2 Å². The molecular formula is C20H21N9O2. The van der Waals surface area contributed by atoms with Crippen molar-refractivity contribution in [3.05, 3.63) is 47.8 Å². The number of rotatable bonds is 4. The zero-order valence-electron chi connectivity index (χ0n) is 17.3. The molecule has 1 aliphatic heterocycles. The maximum Gasteiger partial charge on any atom is 0.293 e. The monoisotopic (exact) mass is 419 g/mol. The number of hydrogen-bond acceptors (Lipinski definition) is 9. The van der Waals surface area contributed by atoms with E-state index in [1.807, 2.05) is 19.9 Å². The van der Waals surface area contributed by atoms with Crippen molar-refractivity contribution in [2.24, 2.45) is 5.92 Å². The fourth-order valence-electron chi connectivity index (χ4n) is 3.92. The lowest BCUT2D eigenvalue weighted by Crippen LogP contribution is -2.41. The molecule has 1 atom stereocenters. The Balaban J connectivity index is 1.29. The van der Waals surface area contributed by atoms with Crippen LogP contribution in [0.3, 0.4) is 0 Å². The van der Waals surface area contributed by atoms with Crippen molar-refractivity contribution in [3.63, 3.8) is 0 Å². The van der Waals surface area contributed by atoms with Crippen LogP contribution >= 0.6 is 0 Å². The molecular weight excluding hydrogens is 398 g/mol. The molecule has 5 rings (SSSR count). The highest BCUT2D eigenvalue weighted by molar-refractivity contribution is 5.91. The summed E-state index contributed by atoms with van der Waals surface area (Å²) in [5.74, 6) is 1.59. The highest BCUT2D eigenvalue weighted by atomic mass is 16.5. The summed E-state index contributed by atoms with van der Waals surface area (Å²) >= 11 is 0. The zero-order chi connectivity index (χ0) is 21.4. The van der Waals surface area contributed by atoms with Crippen molar-refractivity contribution < 1.29 is 9.32 Å². The predicted octanol–water partition coefficient (Wildman–Crippen LogP) is 1.68. The van der Waals surface area contributed by atoms with E-state index < -0.39 is 0 Å². The lowest BCUT2D eigenvalue weighted by Gasteiger charge is -2.31. The second-order valence-corrected chi connectivity index (χ2v) is 7.75. The number of hydrogen-bond donors (Lipinski definition) is 0. The van der Waals surface area contributed by atoms with E-state index in [9.17, 15) is 4.79 Å². The molecule has 11 heteroatoms. The maximum absolute atomic E-state index is 13.0. The van der Waals surface area contributed by atoms with E-state index in [1.54, 1.807) is 28.0 Å². The minimum absolute atomic E-state index is 0.171. The molecule has 11 nitrogen and oxygen atoms in total. The summed E-state index contributed by atoms with van der Waals surface area (Å²) in [4.78, 5) is 36.2. The first-order valence-electron chi connectivity index (χ1n) is 10.2. The third-order valence-corrected chi connectivity index (χ3v) is 5.34. The highest BCUT2D eigenvalue weighted by Gasteiger charge is 2.28. The number of carbonyl (C=O) groups is 1. The van der Waals surface area contributed by atoms with Crippen molar-refractivity contribution in [1.82, 2.24) is 44.6 Å². The average molecular weight is 419 g/mol. The minimum atomic E-state index is -0.182. The molecule has 1 aliphatic rings. The average Bonchev–Trinajstić information content (AvgIpc) is 3.41. The molecule has 1 amide bonds. The molecule has 0 N–H and O–H groups in total. The molecule has 0 bridgehead atoms. The molecule has 1 saturated heterocycles. The molecule has 1 fully saturated rings. The predicted molar refractivity (Wildman–Crippen MR) is 108 cm³/mol. The Kier molecular flexibility index (Phi) is 4.85. The van der Waals surface area contributed by atoms with Gasteiger partial charge in [-0.15, -0.1) is 5.10 Å². The van der Waals surface area contributed by atoms with Crippen molar-refractivity contribution in [3.8, 4) is 11.5 Å². The number of aryl methyl sites for hydroxylation is 2. The van der Waals surface area contributed by atoms with Crippen LogP contribution in [0, 0.1) is 19.8 Å². The Hall–Kier alpha value is -3.76. The number of aromatic nitrogens is 8. The van der Waals surface area contributed by atoms with Crippen LogP contribution in [0.2, 0.25) is 0 Å². The zero-order valence-corrected chi connectivity index (χ0v) is 17.3. The summed E-state index contributed by atoms with van der Waals surface area (Å²) in [5.41, 5.74) is 2.30. The van der Waals surface area contributed by atoms with Gasteiger partial charge in [-0.3, -0.25) is 9.78 Å². The second-order valence-electron chi connectivity index (χ2n) is 7.75. The van der Waals surface area contributed by atoms with Gasteiger partial charge in [0, 0.05) is 43.3 Å². The van der Waals surface area contributed by atoms with E-state index in [-0.39, 0.29) is 17.6 Å². The first-order valence-corrected chi connectivity index (χ1v) is 10.2. The van der Waals surface area contributed by atoms with E-state index in [0.29, 0.717) is 42.7 Å². The van der Waals surface area contributed by atoms with Crippen LogP contribution < -0.4 is 0 Å². The molecule has 0 aliphatic carbocycles. The van der Waals surface area contributed by atoms with Gasteiger partial charge in [-0.2, -0.15) is 9.97 Å². The van der Waals surface area contributed by atoms with Gasteiger partial charge in [0.1, 0.15) is 5.69 Å². The van der Waals surface area contributed by atoms with Gasteiger partial charge in [0.2, 0.25) is 17.5 Å². The molecule has 1 unspecified atom stereocenters. The molecule has 0 aromatic carbocycles. The van der Waals surface area contributed by atoms with Crippen LogP contribution in [-0.4, -0.2) is 63.6 Å². The van der Waals surface area contributed by atoms with Crippen molar-refractivity contribution >= 4 is 11.7 Å². The quantitative estimate of drug-likeness (QED) is 0.485. The number of fused-ring (bicyclic) bond motifs is 1. The molecule has 4 aromatic heterocycles. The normalized spacial score (nSPS) is 16.7. The van der Waals surface area contributed by atoms with E-state index >= 15 is 0 Å². The Labute approximate surface area is 177 Å². The fraction of sp³-hybridized carbons (Fsp3) is 0.400. The van der Waals surface area contributed by atoms with E-state index in [4.69, 9.17) is 4.52 Å². The largest absolute Gasteiger partial charge is 0.339 e. The van der Waals surface area contributed by atoms with Gasteiger partial charge in [0.15, 0.2) is 0 Å². The van der Waals surface area contributed by atoms with Crippen LogP contribution in [0.5, 0.6) is 0 Å². The molecule has 4 aromatic rings. The fourth-order valence-corrected chi connectivity index (χ4v) is 3.92. The van der Waals surface area contributed by atoms with Crippen molar-refractivity contribution in [2.45, 2.75) is 33.1 Å². The van der Waals surface area contributed by atoms with Gasteiger partial charge >= 0.3 is 0 Å². The van der Waals surface area contributed by atoms with Gasteiger partial charge in [-0.25, -0.2) is 14.5 Å². The van der Waals surface area contributed by atoms with E-state index in [1.165, 1.54) is 0 Å². The number of nitrogens with zero attached hydrogens (tertiary/aromatic N) is 9. The Morgan fingerprint density at radius 2 is 2.13 bits per heavy atom. The third-order valence-electron chi connectivity index (χ3n) is 5.34. The Morgan fingerprint density at radius 3 is 2.97 bits per heavy atom. The van der Waals surface area contributed by atoms with Crippen LogP contribution in [0.4, 0.5) is 0 Å².